The van der Waals surface area contributed by atoms with Crippen molar-refractivity contribution in [1.82, 2.24) is 24.6 Å². The van der Waals surface area contributed by atoms with E-state index in [0.717, 1.165) is 44.4 Å². The second-order valence-electron chi connectivity index (χ2n) is 9.08. The molecule has 8 heteroatoms. The van der Waals surface area contributed by atoms with Crippen LogP contribution in [0.25, 0.3) is 22.0 Å². The molecule has 0 unspecified atom stereocenters. The molecule has 0 fully saturated rings. The van der Waals surface area contributed by atoms with Gasteiger partial charge in [0.15, 0.2) is 0 Å². The molecule has 0 atom stereocenters. The molecule has 182 valence electrons. The molecule has 5 aromatic rings. The smallest absolute Gasteiger partial charge is 0.251 e. The van der Waals surface area contributed by atoms with Gasteiger partial charge in [0.05, 0.1) is 17.8 Å². The first-order valence-corrected chi connectivity index (χ1v) is 12.1. The minimum Gasteiger partial charge on any atom is -0.348 e. The summed E-state index contributed by atoms with van der Waals surface area (Å²) >= 11 is 6.14. The predicted molar refractivity (Wildman–Crippen MR) is 142 cm³/mol. The van der Waals surface area contributed by atoms with Crippen molar-refractivity contribution in [2.24, 2.45) is 7.05 Å². The molecular formula is C28H27ClN6O. The van der Waals surface area contributed by atoms with E-state index in [1.54, 1.807) is 4.57 Å². The fraction of sp³-hybridized carbons (Fsp3) is 0.179. The standard InChI is InChI=1S/C28H27ClN6O/c1-17-11-19(7-8-24(17)29)15-31-27(36)22-13-20(16-35-10-9-34(3)28(35)30)12-21(14-22)23-5-4-6-25-26(23)18(2)32-33-25/h4-14,30H,15-16H2,1-3H3,(H,31,36)(H,32,33). The predicted octanol–water partition coefficient (Wildman–Crippen LogP) is 5.10. The fourth-order valence-electron chi connectivity index (χ4n) is 4.50. The Balaban J connectivity index is 1.54. The van der Waals surface area contributed by atoms with Crippen LogP contribution in [0, 0.1) is 19.3 Å². The molecule has 0 bridgehead atoms. The van der Waals surface area contributed by atoms with E-state index in [4.69, 9.17) is 17.0 Å². The van der Waals surface area contributed by atoms with Crippen molar-refractivity contribution in [3.63, 3.8) is 0 Å². The minimum absolute atomic E-state index is 0.161. The van der Waals surface area contributed by atoms with Gasteiger partial charge in [0, 0.05) is 42.0 Å². The van der Waals surface area contributed by atoms with Gasteiger partial charge in [0.2, 0.25) is 5.62 Å². The first kappa shape index (κ1) is 23.6. The lowest BCUT2D eigenvalue weighted by Gasteiger charge is -2.13. The van der Waals surface area contributed by atoms with Gasteiger partial charge in [-0.1, -0.05) is 35.9 Å². The number of carbonyl (C=O) groups excluding carboxylic acids is 1. The molecule has 0 saturated heterocycles. The van der Waals surface area contributed by atoms with E-state index in [9.17, 15) is 4.79 Å². The number of hydrogen-bond acceptors (Lipinski definition) is 3. The summed E-state index contributed by atoms with van der Waals surface area (Å²) in [6.07, 6.45) is 3.72. The van der Waals surface area contributed by atoms with Crippen LogP contribution in [-0.4, -0.2) is 25.2 Å². The highest BCUT2D eigenvalue weighted by Crippen LogP contribution is 2.31. The number of hydrogen-bond donors (Lipinski definition) is 3. The number of H-pyrrole nitrogens is 1. The summed E-state index contributed by atoms with van der Waals surface area (Å²) in [5, 5.41) is 20.5. The second-order valence-corrected chi connectivity index (χ2v) is 9.49. The van der Waals surface area contributed by atoms with E-state index in [1.165, 1.54) is 0 Å². The molecule has 2 heterocycles. The number of nitrogens with one attached hydrogen (secondary N) is 3. The average molecular weight is 499 g/mol. The Morgan fingerprint density at radius 1 is 1.08 bits per heavy atom. The molecule has 5 rings (SSSR count). The summed E-state index contributed by atoms with van der Waals surface area (Å²) in [5.41, 5.74) is 7.63. The SMILES string of the molecule is Cc1cc(CNC(=O)c2cc(Cn3ccn(C)c3=N)cc(-c3cccc4[nH]nc(C)c34)c2)ccc1Cl. The number of aryl methyl sites for hydroxylation is 3. The maximum atomic E-state index is 13.3. The van der Waals surface area contributed by atoms with Crippen LogP contribution in [0.5, 0.6) is 0 Å². The summed E-state index contributed by atoms with van der Waals surface area (Å²) in [5.74, 6) is -0.161. The number of benzene rings is 3. The van der Waals surface area contributed by atoms with Crippen LogP contribution in [0.15, 0.2) is 67.0 Å². The van der Waals surface area contributed by atoms with Crippen molar-refractivity contribution in [3.8, 4) is 11.1 Å². The Morgan fingerprint density at radius 3 is 2.67 bits per heavy atom. The molecule has 3 N–H and O–H groups in total. The zero-order chi connectivity index (χ0) is 25.4. The highest BCUT2D eigenvalue weighted by molar-refractivity contribution is 6.31. The summed E-state index contributed by atoms with van der Waals surface area (Å²) in [4.78, 5) is 13.3. The van der Waals surface area contributed by atoms with Gasteiger partial charge < -0.3 is 14.5 Å². The van der Waals surface area contributed by atoms with E-state index in [-0.39, 0.29) is 5.91 Å². The molecule has 36 heavy (non-hydrogen) atoms. The zero-order valence-electron chi connectivity index (χ0n) is 20.4. The Hall–Kier alpha value is -4.10. The van der Waals surface area contributed by atoms with Crippen LogP contribution in [0.1, 0.15) is 32.7 Å². The molecule has 0 aliphatic carbocycles. The van der Waals surface area contributed by atoms with Crippen molar-refractivity contribution in [3.05, 3.63) is 106 Å². The van der Waals surface area contributed by atoms with Gasteiger partial charge in [-0.25, -0.2) is 0 Å². The van der Waals surface area contributed by atoms with E-state index in [2.05, 4.69) is 21.6 Å². The number of aromatic amines is 1. The minimum atomic E-state index is -0.161. The van der Waals surface area contributed by atoms with Crippen LogP contribution < -0.4 is 10.9 Å². The third-order valence-electron chi connectivity index (χ3n) is 6.44. The quantitative estimate of drug-likeness (QED) is 0.304. The lowest BCUT2D eigenvalue weighted by molar-refractivity contribution is 0.0951. The average Bonchev–Trinajstić information content (AvgIpc) is 3.41. The first-order valence-electron chi connectivity index (χ1n) is 11.7. The van der Waals surface area contributed by atoms with Crippen LogP contribution in [0.2, 0.25) is 5.02 Å². The molecule has 0 radical (unpaired) electrons. The maximum absolute atomic E-state index is 13.3. The van der Waals surface area contributed by atoms with Crippen molar-refractivity contribution < 1.29 is 4.79 Å². The summed E-state index contributed by atoms with van der Waals surface area (Å²) < 4.78 is 3.60. The van der Waals surface area contributed by atoms with Crippen molar-refractivity contribution in [2.45, 2.75) is 26.9 Å². The van der Waals surface area contributed by atoms with Gasteiger partial charge in [0.1, 0.15) is 0 Å². The summed E-state index contributed by atoms with van der Waals surface area (Å²) in [6.45, 7) is 4.80. The Morgan fingerprint density at radius 2 is 1.92 bits per heavy atom. The van der Waals surface area contributed by atoms with Gasteiger partial charge in [-0.3, -0.25) is 15.3 Å². The molecule has 2 aromatic heterocycles. The number of amides is 1. The van der Waals surface area contributed by atoms with E-state index < -0.39 is 0 Å². The highest BCUT2D eigenvalue weighted by Gasteiger charge is 2.15. The molecular weight excluding hydrogens is 472 g/mol. The number of nitrogens with zero attached hydrogens (tertiary/aromatic N) is 3. The molecule has 1 amide bonds. The lowest BCUT2D eigenvalue weighted by atomic mass is 9.96. The van der Waals surface area contributed by atoms with Crippen LogP contribution in [0.4, 0.5) is 0 Å². The number of rotatable bonds is 6. The molecule has 0 aliphatic rings. The number of fused-ring (bicyclic) bond motifs is 1. The third-order valence-corrected chi connectivity index (χ3v) is 6.87. The topological polar surface area (TPSA) is 91.5 Å². The number of aromatic nitrogens is 4. The Bertz CT molecular complexity index is 1660. The van der Waals surface area contributed by atoms with Crippen molar-refractivity contribution in [2.75, 3.05) is 0 Å². The lowest BCUT2D eigenvalue weighted by Crippen LogP contribution is -2.24. The van der Waals surface area contributed by atoms with Gasteiger partial charge in [-0.2, -0.15) is 5.10 Å². The first-order chi connectivity index (χ1) is 17.3. The second kappa shape index (κ2) is 9.51. The largest absolute Gasteiger partial charge is 0.348 e. The molecule has 3 aromatic carbocycles. The van der Waals surface area contributed by atoms with Gasteiger partial charge in [-0.15, -0.1) is 0 Å². The monoisotopic (exact) mass is 498 g/mol. The van der Waals surface area contributed by atoms with Crippen molar-refractivity contribution in [1.29, 1.82) is 5.41 Å². The third kappa shape index (κ3) is 4.57. The van der Waals surface area contributed by atoms with E-state index in [1.807, 2.05) is 86.4 Å². The number of halogens is 1. The Labute approximate surface area is 213 Å². The van der Waals surface area contributed by atoms with E-state index >= 15 is 0 Å². The van der Waals surface area contributed by atoms with Crippen LogP contribution in [-0.2, 0) is 20.1 Å². The highest BCUT2D eigenvalue weighted by atomic mass is 35.5. The van der Waals surface area contributed by atoms with Gasteiger partial charge in [-0.05, 0) is 72.0 Å². The van der Waals surface area contributed by atoms with E-state index in [0.29, 0.717) is 29.3 Å². The van der Waals surface area contributed by atoms with Crippen molar-refractivity contribution >= 4 is 28.4 Å². The zero-order valence-corrected chi connectivity index (χ0v) is 21.1. The molecule has 0 saturated carbocycles. The summed E-state index contributed by atoms with van der Waals surface area (Å²) in [6, 6.07) is 17.7. The molecule has 0 spiro atoms. The normalized spacial score (nSPS) is 11.2. The van der Waals surface area contributed by atoms with Crippen LogP contribution in [0.3, 0.4) is 0 Å². The number of imidazole rings is 1. The molecule has 7 nitrogen and oxygen atoms in total. The van der Waals surface area contributed by atoms with Crippen LogP contribution >= 0.6 is 11.6 Å². The van der Waals surface area contributed by atoms with Gasteiger partial charge in [0.25, 0.3) is 5.91 Å². The maximum Gasteiger partial charge on any atom is 0.251 e. The Kier molecular flexibility index (Phi) is 6.24. The number of carbonyl (C=O) groups is 1. The molecule has 0 aliphatic heterocycles. The fourth-order valence-corrected chi connectivity index (χ4v) is 4.61. The summed E-state index contributed by atoms with van der Waals surface area (Å²) in [7, 11) is 1.84. The van der Waals surface area contributed by atoms with Gasteiger partial charge >= 0.3 is 0 Å².